The molecule has 1 unspecified atom stereocenters. The number of carbonyl (C=O) groups excluding carboxylic acids is 2. The zero-order chi connectivity index (χ0) is 16.4. The average Bonchev–Trinajstić information content (AvgIpc) is 2.52. The summed E-state index contributed by atoms with van der Waals surface area (Å²) in [6, 6.07) is 6.78. The molecule has 0 bridgehead atoms. The van der Waals surface area contributed by atoms with Crippen LogP contribution in [0, 0.1) is 0 Å². The highest BCUT2D eigenvalue weighted by Crippen LogP contribution is 2.15. The van der Waals surface area contributed by atoms with E-state index in [1.54, 1.807) is 7.05 Å². The van der Waals surface area contributed by atoms with Crippen molar-refractivity contribution < 1.29 is 19.1 Å². The lowest BCUT2D eigenvalue weighted by Gasteiger charge is -2.17. The fraction of sp³-hybridized carbons (Fsp3) is 0.500. The van der Waals surface area contributed by atoms with E-state index in [1.807, 2.05) is 31.2 Å². The molecule has 0 aliphatic carbocycles. The van der Waals surface area contributed by atoms with Gasteiger partial charge >= 0.3 is 5.97 Å². The van der Waals surface area contributed by atoms with Crippen molar-refractivity contribution in [3.05, 3.63) is 29.8 Å². The van der Waals surface area contributed by atoms with Crippen molar-refractivity contribution in [3.8, 4) is 5.75 Å². The van der Waals surface area contributed by atoms with Gasteiger partial charge in [-0.1, -0.05) is 19.1 Å². The Balaban J connectivity index is 2.76. The van der Waals surface area contributed by atoms with Gasteiger partial charge in [0.25, 0.3) is 0 Å². The molecule has 0 saturated carbocycles. The average molecular weight is 308 g/mol. The van der Waals surface area contributed by atoms with Crippen LogP contribution in [-0.2, 0) is 20.7 Å². The van der Waals surface area contributed by atoms with Gasteiger partial charge in [-0.05, 0) is 31.2 Å². The molecule has 0 aliphatic heterocycles. The lowest BCUT2D eigenvalue weighted by molar-refractivity contribution is -0.144. The van der Waals surface area contributed by atoms with Crippen LogP contribution < -0.4 is 15.4 Å². The summed E-state index contributed by atoms with van der Waals surface area (Å²) in [5.74, 6) is 0.0325. The fourth-order valence-corrected chi connectivity index (χ4v) is 1.96. The first kappa shape index (κ1) is 18.0. The van der Waals surface area contributed by atoms with Gasteiger partial charge in [-0.2, -0.15) is 0 Å². The van der Waals surface area contributed by atoms with Gasteiger partial charge in [0.05, 0.1) is 20.3 Å². The Kier molecular flexibility index (Phi) is 7.99. The minimum atomic E-state index is -0.715. The zero-order valence-electron chi connectivity index (χ0n) is 13.3. The molecule has 0 aromatic heterocycles. The highest BCUT2D eigenvalue weighted by atomic mass is 16.5. The van der Waals surface area contributed by atoms with Crippen molar-refractivity contribution in [1.82, 2.24) is 10.6 Å². The number of benzene rings is 1. The minimum Gasteiger partial charge on any atom is -0.494 e. The van der Waals surface area contributed by atoms with E-state index in [1.165, 1.54) is 7.11 Å². The van der Waals surface area contributed by atoms with Crippen LogP contribution in [0.3, 0.4) is 0 Å². The Morgan fingerprint density at radius 3 is 2.73 bits per heavy atom. The standard InChI is InChI=1S/C16H24N2O4/c1-4-8-22-13-7-5-6-12(9-13)10-14(16(20)21-3)18-15(19)11-17-2/h5-7,9,14,17H,4,8,10-11H2,1-3H3,(H,18,19). The lowest BCUT2D eigenvalue weighted by atomic mass is 10.1. The maximum absolute atomic E-state index is 11.8. The number of likely N-dealkylation sites (N-methyl/N-ethyl adjacent to an activating group) is 1. The van der Waals surface area contributed by atoms with E-state index < -0.39 is 12.0 Å². The molecule has 1 aromatic carbocycles. The Morgan fingerprint density at radius 2 is 2.09 bits per heavy atom. The normalized spacial score (nSPS) is 11.6. The van der Waals surface area contributed by atoms with Crippen LogP contribution >= 0.6 is 0 Å². The zero-order valence-corrected chi connectivity index (χ0v) is 13.3. The predicted octanol–water partition coefficient (Wildman–Crippen LogP) is 0.895. The number of carbonyl (C=O) groups is 2. The van der Waals surface area contributed by atoms with Gasteiger partial charge in [0, 0.05) is 6.42 Å². The summed E-state index contributed by atoms with van der Waals surface area (Å²) in [6.07, 6.45) is 1.28. The predicted molar refractivity (Wildman–Crippen MR) is 83.8 cm³/mol. The quantitative estimate of drug-likeness (QED) is 0.663. The number of methoxy groups -OCH3 is 1. The summed E-state index contributed by atoms with van der Waals surface area (Å²) in [5, 5.41) is 5.40. The smallest absolute Gasteiger partial charge is 0.328 e. The van der Waals surface area contributed by atoms with Crippen LogP contribution in [0.5, 0.6) is 5.75 Å². The summed E-state index contributed by atoms with van der Waals surface area (Å²) in [5.41, 5.74) is 0.897. The number of esters is 1. The Hall–Kier alpha value is -2.08. The van der Waals surface area contributed by atoms with Gasteiger partial charge in [-0.25, -0.2) is 4.79 Å². The summed E-state index contributed by atoms with van der Waals surface area (Å²) in [7, 11) is 2.97. The Morgan fingerprint density at radius 1 is 1.32 bits per heavy atom. The van der Waals surface area contributed by atoms with Crippen LogP contribution in [0.2, 0.25) is 0 Å². The molecule has 0 saturated heterocycles. The lowest BCUT2D eigenvalue weighted by Crippen LogP contribution is -2.45. The molecule has 122 valence electrons. The SMILES string of the molecule is CCCOc1cccc(CC(NC(=O)CNC)C(=O)OC)c1. The highest BCUT2D eigenvalue weighted by Gasteiger charge is 2.21. The Labute approximate surface area is 131 Å². The molecule has 6 nitrogen and oxygen atoms in total. The largest absolute Gasteiger partial charge is 0.494 e. The van der Waals surface area contributed by atoms with E-state index >= 15 is 0 Å². The third-order valence-corrected chi connectivity index (χ3v) is 2.97. The van der Waals surface area contributed by atoms with E-state index in [9.17, 15) is 9.59 Å². The minimum absolute atomic E-state index is 0.146. The van der Waals surface area contributed by atoms with Crippen molar-refractivity contribution in [2.75, 3.05) is 27.3 Å². The summed E-state index contributed by atoms with van der Waals surface area (Å²) < 4.78 is 10.3. The molecule has 1 rings (SSSR count). The van der Waals surface area contributed by atoms with E-state index in [2.05, 4.69) is 10.6 Å². The van der Waals surface area contributed by atoms with Crippen LogP contribution in [-0.4, -0.2) is 45.2 Å². The topological polar surface area (TPSA) is 76.7 Å². The second kappa shape index (κ2) is 9.78. The van der Waals surface area contributed by atoms with Crippen LogP contribution in [0.1, 0.15) is 18.9 Å². The van der Waals surface area contributed by atoms with Crippen molar-refractivity contribution in [1.29, 1.82) is 0 Å². The number of nitrogens with one attached hydrogen (secondary N) is 2. The van der Waals surface area contributed by atoms with E-state index in [-0.39, 0.29) is 12.5 Å². The molecule has 0 aliphatic rings. The molecule has 2 N–H and O–H groups in total. The van der Waals surface area contributed by atoms with Gasteiger partial charge in [-0.15, -0.1) is 0 Å². The number of hydrogen-bond donors (Lipinski definition) is 2. The molecular formula is C16H24N2O4. The van der Waals surface area contributed by atoms with Gasteiger partial charge in [0.2, 0.25) is 5.91 Å². The number of ether oxygens (including phenoxy) is 2. The van der Waals surface area contributed by atoms with E-state index in [0.717, 1.165) is 17.7 Å². The number of rotatable bonds is 9. The molecule has 22 heavy (non-hydrogen) atoms. The number of hydrogen-bond acceptors (Lipinski definition) is 5. The molecule has 6 heteroatoms. The van der Waals surface area contributed by atoms with Crippen LogP contribution in [0.25, 0.3) is 0 Å². The van der Waals surface area contributed by atoms with Crippen molar-refractivity contribution >= 4 is 11.9 Å². The molecule has 1 atom stereocenters. The van der Waals surface area contributed by atoms with Crippen LogP contribution in [0.4, 0.5) is 0 Å². The molecule has 0 fully saturated rings. The molecule has 0 heterocycles. The van der Waals surface area contributed by atoms with Crippen molar-refractivity contribution in [2.24, 2.45) is 0 Å². The second-order valence-electron chi connectivity index (χ2n) is 4.87. The Bertz CT molecular complexity index is 491. The first-order valence-electron chi connectivity index (χ1n) is 7.34. The third kappa shape index (κ3) is 6.13. The van der Waals surface area contributed by atoms with E-state index in [4.69, 9.17) is 9.47 Å². The van der Waals surface area contributed by atoms with Crippen molar-refractivity contribution in [2.45, 2.75) is 25.8 Å². The molecular weight excluding hydrogens is 284 g/mol. The summed E-state index contributed by atoms with van der Waals surface area (Å²) in [4.78, 5) is 23.5. The first-order valence-corrected chi connectivity index (χ1v) is 7.34. The maximum Gasteiger partial charge on any atom is 0.328 e. The molecule has 0 spiro atoms. The molecule has 0 radical (unpaired) electrons. The second-order valence-corrected chi connectivity index (χ2v) is 4.87. The third-order valence-electron chi connectivity index (χ3n) is 2.97. The van der Waals surface area contributed by atoms with Gasteiger partial charge in [0.15, 0.2) is 0 Å². The highest BCUT2D eigenvalue weighted by molar-refractivity contribution is 5.85. The number of amides is 1. The molecule has 1 amide bonds. The van der Waals surface area contributed by atoms with E-state index in [0.29, 0.717) is 13.0 Å². The maximum atomic E-state index is 11.8. The van der Waals surface area contributed by atoms with Gasteiger partial charge in [0.1, 0.15) is 11.8 Å². The monoisotopic (exact) mass is 308 g/mol. The van der Waals surface area contributed by atoms with Gasteiger partial charge < -0.3 is 20.1 Å². The van der Waals surface area contributed by atoms with Gasteiger partial charge in [-0.3, -0.25) is 4.79 Å². The molecule has 1 aromatic rings. The first-order chi connectivity index (χ1) is 10.6. The summed E-state index contributed by atoms with van der Waals surface area (Å²) >= 11 is 0. The summed E-state index contributed by atoms with van der Waals surface area (Å²) in [6.45, 7) is 2.82. The fourth-order valence-electron chi connectivity index (χ4n) is 1.96. The van der Waals surface area contributed by atoms with Crippen molar-refractivity contribution in [3.63, 3.8) is 0 Å². The van der Waals surface area contributed by atoms with Crippen LogP contribution in [0.15, 0.2) is 24.3 Å².